The third-order valence-corrected chi connectivity index (χ3v) is 3.90. The van der Waals surface area contributed by atoms with Crippen LogP contribution in [0.4, 0.5) is 0 Å². The van der Waals surface area contributed by atoms with Crippen LogP contribution in [0.3, 0.4) is 0 Å². The van der Waals surface area contributed by atoms with Crippen LogP contribution >= 0.6 is 0 Å². The standard InChI is InChI=1S/C17H13N3O2/c1-20-16(9-15(19-20)17(21)22)10-6-7-14-12(8-10)11-4-2-3-5-13(11)18-14/h2-9,18H,1H3,(H,21,22). The van der Waals surface area contributed by atoms with Gasteiger partial charge < -0.3 is 10.1 Å². The first-order chi connectivity index (χ1) is 10.6. The summed E-state index contributed by atoms with van der Waals surface area (Å²) in [5, 5.41) is 15.4. The number of carboxylic acids is 1. The van der Waals surface area contributed by atoms with E-state index >= 15 is 0 Å². The molecule has 4 aromatic rings. The zero-order chi connectivity index (χ0) is 15.3. The molecule has 0 aliphatic rings. The highest BCUT2D eigenvalue weighted by molar-refractivity contribution is 6.08. The Balaban J connectivity index is 1.96. The summed E-state index contributed by atoms with van der Waals surface area (Å²) in [6.45, 7) is 0. The number of rotatable bonds is 2. The third-order valence-electron chi connectivity index (χ3n) is 3.90. The van der Waals surface area contributed by atoms with E-state index in [9.17, 15) is 4.79 Å². The van der Waals surface area contributed by atoms with Crippen LogP contribution in [0.5, 0.6) is 0 Å². The monoisotopic (exact) mass is 291 g/mol. The highest BCUT2D eigenvalue weighted by atomic mass is 16.4. The van der Waals surface area contributed by atoms with E-state index < -0.39 is 5.97 Å². The van der Waals surface area contributed by atoms with Crippen LogP contribution < -0.4 is 0 Å². The number of fused-ring (bicyclic) bond motifs is 3. The number of hydrogen-bond acceptors (Lipinski definition) is 2. The van der Waals surface area contributed by atoms with Crippen LogP contribution in [0.1, 0.15) is 10.5 Å². The van der Waals surface area contributed by atoms with Gasteiger partial charge in [-0.2, -0.15) is 5.10 Å². The van der Waals surface area contributed by atoms with Crippen molar-refractivity contribution >= 4 is 27.8 Å². The average Bonchev–Trinajstić information content (AvgIpc) is 3.07. The molecule has 5 nitrogen and oxygen atoms in total. The molecule has 22 heavy (non-hydrogen) atoms. The van der Waals surface area contributed by atoms with E-state index in [0.717, 1.165) is 33.1 Å². The van der Waals surface area contributed by atoms with Crippen molar-refractivity contribution in [2.75, 3.05) is 0 Å². The van der Waals surface area contributed by atoms with Crippen molar-refractivity contribution in [2.45, 2.75) is 0 Å². The number of hydrogen-bond donors (Lipinski definition) is 2. The van der Waals surface area contributed by atoms with Gasteiger partial charge in [0, 0.05) is 34.4 Å². The van der Waals surface area contributed by atoms with Crippen LogP contribution in [0.2, 0.25) is 0 Å². The van der Waals surface area contributed by atoms with Crippen molar-refractivity contribution in [1.29, 1.82) is 0 Å². The number of aromatic amines is 1. The molecule has 0 radical (unpaired) electrons. The predicted molar refractivity (Wildman–Crippen MR) is 85.0 cm³/mol. The Bertz CT molecular complexity index is 1030. The first-order valence-electron chi connectivity index (χ1n) is 6.91. The molecule has 2 N–H and O–H groups in total. The molecule has 0 aliphatic heterocycles. The molecule has 0 bridgehead atoms. The normalized spacial score (nSPS) is 11.3. The van der Waals surface area contributed by atoms with Gasteiger partial charge in [0.25, 0.3) is 0 Å². The van der Waals surface area contributed by atoms with Gasteiger partial charge in [0.2, 0.25) is 0 Å². The minimum atomic E-state index is -1.02. The molecule has 0 atom stereocenters. The molecule has 0 aliphatic carbocycles. The number of nitrogens with one attached hydrogen (secondary N) is 1. The molecule has 0 spiro atoms. The minimum Gasteiger partial charge on any atom is -0.476 e. The van der Waals surface area contributed by atoms with E-state index in [2.05, 4.69) is 22.2 Å². The average molecular weight is 291 g/mol. The van der Waals surface area contributed by atoms with Crippen LogP contribution in [-0.2, 0) is 7.05 Å². The number of nitrogens with zero attached hydrogens (tertiary/aromatic N) is 2. The van der Waals surface area contributed by atoms with E-state index in [1.54, 1.807) is 17.8 Å². The molecule has 2 heterocycles. The lowest BCUT2D eigenvalue weighted by Gasteiger charge is -2.02. The van der Waals surface area contributed by atoms with Crippen LogP contribution in [-0.4, -0.2) is 25.8 Å². The number of aromatic nitrogens is 3. The van der Waals surface area contributed by atoms with Crippen molar-refractivity contribution in [3.63, 3.8) is 0 Å². The van der Waals surface area contributed by atoms with Gasteiger partial charge in [0.05, 0.1) is 5.69 Å². The number of carbonyl (C=O) groups is 1. The molecule has 2 aromatic heterocycles. The Labute approximate surface area is 125 Å². The van der Waals surface area contributed by atoms with Crippen LogP contribution in [0.25, 0.3) is 33.1 Å². The van der Waals surface area contributed by atoms with Crippen molar-refractivity contribution in [1.82, 2.24) is 14.8 Å². The number of aromatic carboxylic acids is 1. The van der Waals surface area contributed by atoms with Crippen molar-refractivity contribution in [3.8, 4) is 11.3 Å². The maximum absolute atomic E-state index is 11.1. The van der Waals surface area contributed by atoms with Gasteiger partial charge in [-0.15, -0.1) is 0 Å². The lowest BCUT2D eigenvalue weighted by Crippen LogP contribution is -1.99. The quantitative estimate of drug-likeness (QED) is 0.594. The predicted octanol–water partition coefficient (Wildman–Crippen LogP) is 3.42. The Morgan fingerprint density at radius 1 is 1.09 bits per heavy atom. The van der Waals surface area contributed by atoms with Gasteiger partial charge in [-0.3, -0.25) is 4.68 Å². The number of H-pyrrole nitrogens is 1. The first kappa shape index (κ1) is 12.6. The van der Waals surface area contributed by atoms with E-state index in [1.807, 2.05) is 30.3 Å². The molecule has 0 amide bonds. The summed E-state index contributed by atoms with van der Waals surface area (Å²) in [5.41, 5.74) is 3.93. The van der Waals surface area contributed by atoms with Crippen LogP contribution in [0, 0.1) is 0 Å². The van der Waals surface area contributed by atoms with Gasteiger partial charge in [0.15, 0.2) is 5.69 Å². The Hall–Kier alpha value is -3.08. The molecule has 5 heteroatoms. The SMILES string of the molecule is Cn1nc(C(=O)O)cc1-c1ccc2[nH]c3ccccc3c2c1. The van der Waals surface area contributed by atoms with Crippen molar-refractivity contribution < 1.29 is 9.90 Å². The summed E-state index contributed by atoms with van der Waals surface area (Å²) in [5.74, 6) is -1.02. The molecule has 0 fully saturated rings. The fraction of sp³-hybridized carbons (Fsp3) is 0.0588. The largest absolute Gasteiger partial charge is 0.476 e. The number of carboxylic acid groups (broad SMARTS) is 1. The van der Waals surface area contributed by atoms with E-state index in [0.29, 0.717) is 0 Å². The Morgan fingerprint density at radius 2 is 1.86 bits per heavy atom. The summed E-state index contributed by atoms with van der Waals surface area (Å²) in [6.07, 6.45) is 0. The first-order valence-corrected chi connectivity index (χ1v) is 6.91. The molecule has 0 unspecified atom stereocenters. The second-order valence-corrected chi connectivity index (χ2v) is 5.27. The molecule has 4 rings (SSSR count). The van der Waals surface area contributed by atoms with E-state index in [1.165, 1.54) is 0 Å². The topological polar surface area (TPSA) is 70.9 Å². The van der Waals surface area contributed by atoms with Crippen LogP contribution in [0.15, 0.2) is 48.5 Å². The maximum atomic E-state index is 11.1. The van der Waals surface area contributed by atoms with Gasteiger partial charge in [-0.1, -0.05) is 24.3 Å². The molecule has 0 saturated carbocycles. The fourth-order valence-corrected chi connectivity index (χ4v) is 2.85. The maximum Gasteiger partial charge on any atom is 0.356 e. The summed E-state index contributed by atoms with van der Waals surface area (Å²) in [6, 6.07) is 15.8. The lowest BCUT2D eigenvalue weighted by atomic mass is 10.1. The second kappa shape index (κ2) is 4.46. The fourth-order valence-electron chi connectivity index (χ4n) is 2.85. The van der Waals surface area contributed by atoms with Gasteiger partial charge >= 0.3 is 5.97 Å². The molecule has 2 aromatic carbocycles. The number of benzene rings is 2. The van der Waals surface area contributed by atoms with Gasteiger partial charge in [-0.05, 0) is 24.3 Å². The van der Waals surface area contributed by atoms with Gasteiger partial charge in [-0.25, -0.2) is 4.79 Å². The minimum absolute atomic E-state index is 0.0523. The smallest absolute Gasteiger partial charge is 0.356 e. The second-order valence-electron chi connectivity index (χ2n) is 5.27. The molecule has 108 valence electrons. The summed E-state index contributed by atoms with van der Waals surface area (Å²) >= 11 is 0. The van der Waals surface area contributed by atoms with E-state index in [-0.39, 0.29) is 5.69 Å². The van der Waals surface area contributed by atoms with Crippen molar-refractivity contribution in [2.24, 2.45) is 7.05 Å². The lowest BCUT2D eigenvalue weighted by molar-refractivity contribution is 0.0689. The summed E-state index contributed by atoms with van der Waals surface area (Å²) in [4.78, 5) is 14.4. The zero-order valence-corrected chi connectivity index (χ0v) is 11.9. The molecule has 0 saturated heterocycles. The number of aryl methyl sites for hydroxylation is 1. The molecular formula is C17H13N3O2. The third kappa shape index (κ3) is 1.79. The van der Waals surface area contributed by atoms with Gasteiger partial charge in [0.1, 0.15) is 0 Å². The Kier molecular flexibility index (Phi) is 2.56. The highest BCUT2D eigenvalue weighted by Crippen LogP contribution is 2.30. The highest BCUT2D eigenvalue weighted by Gasteiger charge is 2.13. The Morgan fingerprint density at radius 3 is 2.64 bits per heavy atom. The van der Waals surface area contributed by atoms with E-state index in [4.69, 9.17) is 5.11 Å². The zero-order valence-electron chi connectivity index (χ0n) is 11.9. The molecular weight excluding hydrogens is 278 g/mol. The summed E-state index contributed by atoms with van der Waals surface area (Å²) < 4.78 is 1.60. The van der Waals surface area contributed by atoms with Crippen molar-refractivity contribution in [3.05, 3.63) is 54.2 Å². The summed E-state index contributed by atoms with van der Waals surface area (Å²) in [7, 11) is 1.75. The number of para-hydroxylation sites is 1.